The first-order valence-electron chi connectivity index (χ1n) is 5.85. The molecule has 1 saturated heterocycles. The van der Waals surface area contributed by atoms with Crippen LogP contribution in [0.3, 0.4) is 0 Å². The molecule has 0 aromatic heterocycles. The Bertz CT molecular complexity index is 352. The Hall–Kier alpha value is -0.0600. The van der Waals surface area contributed by atoms with Crippen molar-refractivity contribution in [3.05, 3.63) is 0 Å². The first-order chi connectivity index (χ1) is 9.69. The van der Waals surface area contributed by atoms with Crippen LogP contribution < -0.4 is 5.32 Å². The van der Waals surface area contributed by atoms with Gasteiger partial charge < -0.3 is 34.8 Å². The molecule has 0 unspecified atom stereocenters. The van der Waals surface area contributed by atoms with Crippen molar-refractivity contribution < 1.29 is 34.3 Å². The highest BCUT2D eigenvalue weighted by atomic mass is 35.6. The lowest BCUT2D eigenvalue weighted by atomic mass is 9.97. The first-order valence-corrected chi connectivity index (χ1v) is 6.98. The molecule has 0 radical (unpaired) electrons. The molecule has 8 nitrogen and oxygen atoms in total. The second-order valence-electron chi connectivity index (χ2n) is 4.30. The van der Waals surface area contributed by atoms with Gasteiger partial charge in [-0.1, -0.05) is 34.8 Å². The Labute approximate surface area is 135 Å². The number of amides is 1. The van der Waals surface area contributed by atoms with Crippen LogP contribution in [0.2, 0.25) is 0 Å². The molecule has 11 heteroatoms. The number of carbonyl (C=O) groups excluding carboxylic acids is 1. The highest BCUT2D eigenvalue weighted by molar-refractivity contribution is 6.67. The minimum atomic E-state index is -1.78. The highest BCUT2D eigenvalue weighted by Gasteiger charge is 2.45. The molecule has 0 saturated carbocycles. The van der Waals surface area contributed by atoms with Crippen molar-refractivity contribution in [1.82, 2.24) is 5.32 Å². The molecule has 1 aliphatic rings. The van der Waals surface area contributed by atoms with Gasteiger partial charge in [-0.2, -0.15) is 0 Å². The molecule has 124 valence electrons. The van der Waals surface area contributed by atoms with Crippen LogP contribution in [0.5, 0.6) is 0 Å². The highest BCUT2D eigenvalue weighted by Crippen LogP contribution is 2.26. The van der Waals surface area contributed by atoms with Gasteiger partial charge in [-0.05, 0) is 0 Å². The van der Waals surface area contributed by atoms with Crippen molar-refractivity contribution in [3.8, 4) is 0 Å². The zero-order chi connectivity index (χ0) is 16.2. The van der Waals surface area contributed by atoms with Gasteiger partial charge >= 0.3 is 6.09 Å². The lowest BCUT2D eigenvalue weighted by Crippen LogP contribution is -2.64. The number of hydrogen-bond donors (Lipinski definition) is 4. The Balaban J connectivity index is 2.64. The Kier molecular flexibility index (Phi) is 7.21. The molecule has 0 bridgehead atoms. The van der Waals surface area contributed by atoms with E-state index < -0.39 is 53.7 Å². The molecule has 4 N–H and O–H groups in total. The van der Waals surface area contributed by atoms with Gasteiger partial charge in [-0.15, -0.1) is 0 Å². The zero-order valence-electron chi connectivity index (χ0n) is 10.9. The average Bonchev–Trinajstić information content (AvgIpc) is 2.41. The molecule has 0 aromatic rings. The summed E-state index contributed by atoms with van der Waals surface area (Å²) in [6.07, 6.45) is -5.99. The van der Waals surface area contributed by atoms with Crippen LogP contribution in [0, 0.1) is 0 Å². The number of carbonyl (C=O) groups is 1. The summed E-state index contributed by atoms with van der Waals surface area (Å²) < 4.78 is 13.0. The van der Waals surface area contributed by atoms with Gasteiger partial charge in [0.1, 0.15) is 31.0 Å². The van der Waals surface area contributed by atoms with Crippen molar-refractivity contribution >= 4 is 40.9 Å². The van der Waals surface area contributed by atoms with E-state index in [0.717, 1.165) is 0 Å². The normalized spacial score (nSPS) is 33.6. The average molecular weight is 369 g/mol. The molecule has 0 aliphatic carbocycles. The third kappa shape index (κ3) is 5.57. The number of alkyl carbamates (subject to hydrolysis) is 1. The third-order valence-electron chi connectivity index (χ3n) is 2.76. The predicted octanol–water partition coefficient (Wildman–Crippen LogP) is -0.463. The van der Waals surface area contributed by atoms with E-state index in [1.165, 1.54) is 7.11 Å². The SMILES string of the molecule is CO[C@@H]1O[C@H](CO)[C@@H](O)[C@H](O)[C@H]1NC(=O)OCC(Cl)(Cl)Cl. The van der Waals surface area contributed by atoms with E-state index in [9.17, 15) is 15.0 Å². The lowest BCUT2D eigenvalue weighted by Gasteiger charge is -2.41. The smallest absolute Gasteiger partial charge is 0.407 e. The minimum Gasteiger partial charge on any atom is -0.445 e. The number of rotatable bonds is 4. The Morgan fingerprint density at radius 2 is 1.95 bits per heavy atom. The Morgan fingerprint density at radius 1 is 1.33 bits per heavy atom. The predicted molar refractivity (Wildman–Crippen MR) is 73.3 cm³/mol. The standard InChI is InChI=1S/C10H16Cl3NO7/c1-19-8-5(7(17)6(16)4(2-15)21-8)14-9(18)20-3-10(11,12)13/h4-8,15-17H,2-3H2,1H3,(H,14,18)/t4-,5-,6-,7-,8-/m1/s1. The molecular formula is C10H16Cl3NO7. The number of halogens is 3. The van der Waals surface area contributed by atoms with E-state index in [-0.39, 0.29) is 0 Å². The van der Waals surface area contributed by atoms with Crippen LogP contribution >= 0.6 is 34.8 Å². The number of alkyl halides is 3. The maximum Gasteiger partial charge on any atom is 0.407 e. The van der Waals surface area contributed by atoms with Crippen LogP contribution in [0.4, 0.5) is 4.79 Å². The van der Waals surface area contributed by atoms with Gasteiger partial charge in [0, 0.05) is 7.11 Å². The number of ether oxygens (including phenoxy) is 3. The van der Waals surface area contributed by atoms with Crippen molar-refractivity contribution in [2.45, 2.75) is 34.4 Å². The van der Waals surface area contributed by atoms with E-state index in [4.69, 9.17) is 49.4 Å². The van der Waals surface area contributed by atoms with Crippen LogP contribution in [0.1, 0.15) is 0 Å². The summed E-state index contributed by atoms with van der Waals surface area (Å²) in [5, 5.41) is 31.0. The van der Waals surface area contributed by atoms with Crippen molar-refractivity contribution in [2.24, 2.45) is 0 Å². The van der Waals surface area contributed by atoms with Crippen LogP contribution in [-0.4, -0.2) is 76.2 Å². The summed E-state index contributed by atoms with van der Waals surface area (Å²) in [7, 11) is 1.27. The monoisotopic (exact) mass is 367 g/mol. The van der Waals surface area contributed by atoms with Crippen molar-refractivity contribution in [2.75, 3.05) is 20.3 Å². The summed E-state index contributed by atoms with van der Waals surface area (Å²) in [6, 6.07) is -1.13. The molecule has 1 amide bonds. The van der Waals surface area contributed by atoms with Gasteiger partial charge in [-0.3, -0.25) is 0 Å². The number of aliphatic hydroxyl groups is 3. The molecule has 0 aromatic carbocycles. The lowest BCUT2D eigenvalue weighted by molar-refractivity contribution is -0.262. The quantitative estimate of drug-likeness (QED) is 0.496. The van der Waals surface area contributed by atoms with Crippen LogP contribution in [-0.2, 0) is 14.2 Å². The van der Waals surface area contributed by atoms with Gasteiger partial charge in [0.05, 0.1) is 6.61 Å². The Morgan fingerprint density at radius 3 is 2.43 bits per heavy atom. The second kappa shape index (κ2) is 7.98. The maximum atomic E-state index is 11.6. The van der Waals surface area contributed by atoms with E-state index in [1.54, 1.807) is 0 Å². The van der Waals surface area contributed by atoms with Gasteiger partial charge in [-0.25, -0.2) is 4.79 Å². The zero-order valence-corrected chi connectivity index (χ0v) is 13.2. The molecule has 1 rings (SSSR count). The van der Waals surface area contributed by atoms with E-state index >= 15 is 0 Å². The summed E-state index contributed by atoms with van der Waals surface area (Å²) in [5.74, 6) is 0. The van der Waals surface area contributed by atoms with Crippen LogP contribution in [0.25, 0.3) is 0 Å². The fourth-order valence-corrected chi connectivity index (χ4v) is 1.93. The van der Waals surface area contributed by atoms with Crippen molar-refractivity contribution in [1.29, 1.82) is 0 Å². The van der Waals surface area contributed by atoms with E-state index in [1.807, 2.05) is 0 Å². The summed E-state index contributed by atoms with van der Waals surface area (Å²) >= 11 is 16.3. The number of aliphatic hydroxyl groups excluding tert-OH is 3. The second-order valence-corrected chi connectivity index (χ2v) is 6.82. The maximum absolute atomic E-state index is 11.6. The van der Waals surface area contributed by atoms with E-state index in [0.29, 0.717) is 0 Å². The fraction of sp³-hybridized carbons (Fsp3) is 0.900. The number of hydrogen-bond acceptors (Lipinski definition) is 7. The summed E-state index contributed by atoms with van der Waals surface area (Å²) in [6.45, 7) is -1.03. The molecule has 1 aliphatic heterocycles. The molecule has 0 spiro atoms. The summed E-state index contributed by atoms with van der Waals surface area (Å²) in [5.41, 5.74) is 0. The molecular weight excluding hydrogens is 352 g/mol. The van der Waals surface area contributed by atoms with Crippen LogP contribution in [0.15, 0.2) is 0 Å². The van der Waals surface area contributed by atoms with Crippen molar-refractivity contribution in [3.63, 3.8) is 0 Å². The number of methoxy groups -OCH3 is 1. The largest absolute Gasteiger partial charge is 0.445 e. The first kappa shape index (κ1) is 19.0. The molecule has 1 heterocycles. The molecule has 21 heavy (non-hydrogen) atoms. The van der Waals surface area contributed by atoms with Gasteiger partial charge in [0.2, 0.25) is 3.79 Å². The third-order valence-corrected chi connectivity index (χ3v) is 3.09. The topological polar surface area (TPSA) is 117 Å². The molecule has 5 atom stereocenters. The fourth-order valence-electron chi connectivity index (χ4n) is 1.76. The van der Waals surface area contributed by atoms with E-state index in [2.05, 4.69) is 10.1 Å². The molecule has 1 fully saturated rings. The summed E-state index contributed by atoms with van der Waals surface area (Å²) in [4.78, 5) is 11.6. The minimum absolute atomic E-state index is 0.507. The number of nitrogens with one attached hydrogen (secondary N) is 1. The van der Waals surface area contributed by atoms with Gasteiger partial charge in [0.25, 0.3) is 0 Å². The van der Waals surface area contributed by atoms with Gasteiger partial charge in [0.15, 0.2) is 6.29 Å².